The first-order valence-electron chi connectivity index (χ1n) is 7.04. The van der Waals surface area contributed by atoms with Gasteiger partial charge in [0, 0.05) is 41.9 Å². The summed E-state index contributed by atoms with van der Waals surface area (Å²) in [7, 11) is 6.05. The Morgan fingerprint density at radius 1 is 1.45 bits per heavy atom. The van der Waals surface area contributed by atoms with Gasteiger partial charge in [0.15, 0.2) is 0 Å². The van der Waals surface area contributed by atoms with Crippen LogP contribution < -0.4 is 10.2 Å². The number of hydrogen-bond donors (Lipinski definition) is 2. The number of nitrogens with one attached hydrogen (secondary N) is 1. The smallest absolute Gasteiger partial charge is 0.0735 e. The first kappa shape index (κ1) is 15.6. The Balaban J connectivity index is 2.31. The summed E-state index contributed by atoms with van der Waals surface area (Å²) in [4.78, 5) is 4.46. The molecule has 1 aromatic carbocycles. The first-order valence-corrected chi connectivity index (χ1v) is 7.42. The zero-order chi connectivity index (χ0) is 14.7. The van der Waals surface area contributed by atoms with Gasteiger partial charge >= 0.3 is 0 Å². The lowest BCUT2D eigenvalue weighted by atomic mass is 10.1. The van der Waals surface area contributed by atoms with Gasteiger partial charge in [-0.1, -0.05) is 17.7 Å². The van der Waals surface area contributed by atoms with Crippen molar-refractivity contribution in [3.05, 3.63) is 28.8 Å². The number of anilines is 1. The van der Waals surface area contributed by atoms with E-state index in [1.807, 2.05) is 19.2 Å². The van der Waals surface area contributed by atoms with Crippen molar-refractivity contribution in [3.63, 3.8) is 0 Å². The molecule has 2 rings (SSSR count). The minimum absolute atomic E-state index is 0.263. The molecule has 2 N–H and O–H groups in total. The second kappa shape index (κ2) is 6.76. The number of β-amino-alcohol motifs (C(OH)–C–C–N with tert-alkyl or cyclic N) is 1. The molecule has 1 saturated heterocycles. The van der Waals surface area contributed by atoms with Gasteiger partial charge in [0.1, 0.15) is 0 Å². The summed E-state index contributed by atoms with van der Waals surface area (Å²) < 4.78 is 0. The average Bonchev–Trinajstić information content (AvgIpc) is 2.72. The third-order valence-corrected chi connectivity index (χ3v) is 4.08. The number of halogens is 1. The summed E-state index contributed by atoms with van der Waals surface area (Å²) in [5, 5.41) is 14.0. The molecule has 0 bridgehead atoms. The molecule has 4 nitrogen and oxygen atoms in total. The minimum atomic E-state index is -0.263. The number of likely N-dealkylation sites (N-methyl/N-ethyl adjacent to an activating group) is 1. The summed E-state index contributed by atoms with van der Waals surface area (Å²) in [6.07, 6.45) is 0.547. The predicted octanol–water partition coefficient (Wildman–Crippen LogP) is 1.56. The van der Waals surface area contributed by atoms with Crippen LogP contribution in [0.2, 0.25) is 5.02 Å². The summed E-state index contributed by atoms with van der Waals surface area (Å²) in [6, 6.07) is 6.33. The molecule has 1 aliphatic heterocycles. The Morgan fingerprint density at radius 2 is 2.20 bits per heavy atom. The van der Waals surface area contributed by atoms with E-state index in [1.54, 1.807) is 0 Å². The van der Waals surface area contributed by atoms with Crippen LogP contribution in [0.3, 0.4) is 0 Å². The molecule has 0 amide bonds. The predicted molar refractivity (Wildman–Crippen MR) is 84.5 cm³/mol. The highest BCUT2D eigenvalue weighted by molar-refractivity contribution is 6.31. The van der Waals surface area contributed by atoms with Crippen molar-refractivity contribution in [1.29, 1.82) is 0 Å². The lowest BCUT2D eigenvalue weighted by Crippen LogP contribution is -2.38. The zero-order valence-electron chi connectivity index (χ0n) is 12.4. The Hall–Kier alpha value is -0.810. The van der Waals surface area contributed by atoms with Crippen molar-refractivity contribution < 1.29 is 5.11 Å². The van der Waals surface area contributed by atoms with E-state index in [-0.39, 0.29) is 6.10 Å². The third kappa shape index (κ3) is 3.44. The van der Waals surface area contributed by atoms with Gasteiger partial charge in [-0.25, -0.2) is 0 Å². The number of aliphatic hydroxyl groups excluding tert-OH is 1. The largest absolute Gasteiger partial charge is 0.391 e. The normalized spacial score (nSPS) is 22.8. The van der Waals surface area contributed by atoms with Gasteiger partial charge in [0.05, 0.1) is 6.10 Å². The van der Waals surface area contributed by atoms with Crippen molar-refractivity contribution in [3.8, 4) is 0 Å². The van der Waals surface area contributed by atoms with Crippen molar-refractivity contribution in [2.24, 2.45) is 0 Å². The van der Waals surface area contributed by atoms with Crippen molar-refractivity contribution in [1.82, 2.24) is 10.2 Å². The van der Waals surface area contributed by atoms with E-state index in [4.69, 9.17) is 11.6 Å². The van der Waals surface area contributed by atoms with Crippen molar-refractivity contribution in [2.75, 3.05) is 39.1 Å². The monoisotopic (exact) mass is 297 g/mol. The molecular weight excluding hydrogens is 274 g/mol. The maximum Gasteiger partial charge on any atom is 0.0735 e. The molecule has 2 atom stereocenters. The zero-order valence-corrected chi connectivity index (χ0v) is 13.2. The first-order chi connectivity index (χ1) is 9.52. The molecule has 1 aromatic rings. The number of hydrogen-bond acceptors (Lipinski definition) is 4. The summed E-state index contributed by atoms with van der Waals surface area (Å²) >= 11 is 6.34. The highest BCUT2D eigenvalue weighted by Gasteiger charge is 2.32. The molecule has 1 aliphatic rings. The molecular formula is C15H24ClN3O. The van der Waals surface area contributed by atoms with E-state index in [1.165, 1.54) is 0 Å². The lowest BCUT2D eigenvalue weighted by molar-refractivity contribution is 0.191. The molecule has 5 heteroatoms. The van der Waals surface area contributed by atoms with Gasteiger partial charge in [0.25, 0.3) is 0 Å². The van der Waals surface area contributed by atoms with Gasteiger partial charge in [-0.15, -0.1) is 0 Å². The van der Waals surface area contributed by atoms with Crippen LogP contribution in [0.4, 0.5) is 5.69 Å². The fourth-order valence-corrected chi connectivity index (χ4v) is 3.19. The molecule has 1 heterocycles. The van der Waals surface area contributed by atoms with E-state index in [2.05, 4.69) is 35.3 Å². The molecule has 0 saturated carbocycles. The molecule has 0 radical (unpaired) electrons. The van der Waals surface area contributed by atoms with Crippen LogP contribution in [0.25, 0.3) is 0 Å². The molecule has 112 valence electrons. The fraction of sp³-hybridized carbons (Fsp3) is 0.600. The van der Waals surface area contributed by atoms with Crippen LogP contribution in [-0.4, -0.2) is 56.4 Å². The Bertz CT molecular complexity index is 453. The number of rotatable bonds is 5. The number of benzene rings is 1. The van der Waals surface area contributed by atoms with Crippen LogP contribution in [0, 0.1) is 0 Å². The van der Waals surface area contributed by atoms with E-state index in [0.29, 0.717) is 12.6 Å². The van der Waals surface area contributed by atoms with Gasteiger partial charge in [-0.05, 0) is 39.7 Å². The highest BCUT2D eigenvalue weighted by atomic mass is 35.5. The van der Waals surface area contributed by atoms with Crippen LogP contribution >= 0.6 is 11.6 Å². The Labute approximate surface area is 126 Å². The summed E-state index contributed by atoms with van der Waals surface area (Å²) in [6.45, 7) is 2.34. The standard InChI is InChI=1S/C15H24ClN3O/c1-17-8-13-14(16)5-4-6-15(13)19-10-12(20)7-11(19)9-18(2)3/h4-6,11-12,17,20H,7-10H2,1-3H3. The molecule has 0 spiro atoms. The van der Waals surface area contributed by atoms with E-state index in [9.17, 15) is 5.11 Å². The lowest BCUT2D eigenvalue weighted by Gasteiger charge is -2.30. The van der Waals surface area contributed by atoms with E-state index in [0.717, 1.165) is 35.8 Å². The maximum atomic E-state index is 10.0. The molecule has 0 aliphatic carbocycles. The fourth-order valence-electron chi connectivity index (χ4n) is 2.95. The molecule has 0 aromatic heterocycles. The number of nitrogens with zero attached hydrogens (tertiary/aromatic N) is 2. The van der Waals surface area contributed by atoms with Gasteiger partial charge in [-0.3, -0.25) is 0 Å². The van der Waals surface area contributed by atoms with Crippen LogP contribution in [0.1, 0.15) is 12.0 Å². The van der Waals surface area contributed by atoms with Gasteiger partial charge in [0.2, 0.25) is 0 Å². The van der Waals surface area contributed by atoms with Crippen LogP contribution in [-0.2, 0) is 6.54 Å². The molecule has 20 heavy (non-hydrogen) atoms. The van der Waals surface area contributed by atoms with Crippen molar-refractivity contribution >= 4 is 17.3 Å². The SMILES string of the molecule is CNCc1c(Cl)cccc1N1CC(O)CC1CN(C)C. The Morgan fingerprint density at radius 3 is 2.85 bits per heavy atom. The van der Waals surface area contributed by atoms with Crippen molar-refractivity contribution in [2.45, 2.75) is 25.1 Å². The minimum Gasteiger partial charge on any atom is -0.391 e. The average molecular weight is 298 g/mol. The maximum absolute atomic E-state index is 10.0. The summed E-state index contributed by atoms with van der Waals surface area (Å²) in [5.41, 5.74) is 2.24. The second-order valence-electron chi connectivity index (χ2n) is 5.73. The topological polar surface area (TPSA) is 38.7 Å². The molecule has 1 fully saturated rings. The van der Waals surface area contributed by atoms with Gasteiger partial charge in [-0.2, -0.15) is 0 Å². The van der Waals surface area contributed by atoms with Crippen LogP contribution in [0.15, 0.2) is 18.2 Å². The second-order valence-corrected chi connectivity index (χ2v) is 6.13. The highest BCUT2D eigenvalue weighted by Crippen LogP contribution is 2.33. The molecule has 2 unspecified atom stereocenters. The third-order valence-electron chi connectivity index (χ3n) is 3.73. The quantitative estimate of drug-likeness (QED) is 0.865. The van der Waals surface area contributed by atoms with Gasteiger partial charge < -0.3 is 20.2 Å². The number of aliphatic hydroxyl groups is 1. The van der Waals surface area contributed by atoms with Crippen LogP contribution in [0.5, 0.6) is 0 Å². The Kier molecular flexibility index (Phi) is 5.27. The summed E-state index contributed by atoms with van der Waals surface area (Å²) in [5.74, 6) is 0. The van der Waals surface area contributed by atoms with E-state index < -0.39 is 0 Å². The van der Waals surface area contributed by atoms with E-state index >= 15 is 0 Å².